The molecule has 0 amide bonds. The van der Waals surface area contributed by atoms with Crippen LogP contribution in [0.3, 0.4) is 0 Å². The number of aromatic amines is 1. The molecule has 0 spiro atoms. The van der Waals surface area contributed by atoms with Gasteiger partial charge in [0.15, 0.2) is 6.61 Å². The van der Waals surface area contributed by atoms with E-state index in [1.165, 1.54) is 19.2 Å². The molecule has 126 valence electrons. The first-order valence-corrected chi connectivity index (χ1v) is 7.08. The maximum absolute atomic E-state index is 12.8. The van der Waals surface area contributed by atoms with Crippen molar-refractivity contribution in [3.05, 3.63) is 58.2 Å². The Labute approximate surface area is 137 Å². The number of esters is 2. The van der Waals surface area contributed by atoms with Gasteiger partial charge in [0.2, 0.25) is 5.78 Å². The number of hydrogen-bond donors (Lipinski definition) is 1. The average Bonchev–Trinajstić information content (AvgIpc) is 2.87. The molecule has 24 heavy (non-hydrogen) atoms. The highest BCUT2D eigenvalue weighted by molar-refractivity contribution is 6.03. The summed E-state index contributed by atoms with van der Waals surface area (Å²) >= 11 is 0. The zero-order chi connectivity index (χ0) is 17.9. The van der Waals surface area contributed by atoms with E-state index in [0.29, 0.717) is 11.3 Å². The van der Waals surface area contributed by atoms with Crippen LogP contribution in [0, 0.1) is 19.7 Å². The number of hydrogen-bond acceptors (Lipinski definition) is 5. The van der Waals surface area contributed by atoms with Gasteiger partial charge in [0.05, 0.1) is 23.9 Å². The van der Waals surface area contributed by atoms with Gasteiger partial charge in [-0.05, 0) is 43.7 Å². The summed E-state index contributed by atoms with van der Waals surface area (Å²) in [7, 11) is 1.25. The molecule has 1 aromatic carbocycles. The van der Waals surface area contributed by atoms with Crippen LogP contribution in [0.1, 0.15) is 42.5 Å². The molecule has 6 nitrogen and oxygen atoms in total. The van der Waals surface area contributed by atoms with Crippen LogP contribution in [0.2, 0.25) is 0 Å². The number of benzene rings is 1. The molecule has 0 radical (unpaired) electrons. The van der Waals surface area contributed by atoms with E-state index in [1.54, 1.807) is 13.8 Å². The summed E-state index contributed by atoms with van der Waals surface area (Å²) in [6, 6.07) is 4.78. The van der Waals surface area contributed by atoms with E-state index in [9.17, 15) is 18.8 Å². The fourth-order valence-corrected chi connectivity index (χ4v) is 2.31. The van der Waals surface area contributed by atoms with Crippen molar-refractivity contribution < 1.29 is 28.2 Å². The highest BCUT2D eigenvalue weighted by Gasteiger charge is 2.23. The smallest absolute Gasteiger partial charge is 0.339 e. The lowest BCUT2D eigenvalue weighted by atomic mass is 10.1. The second-order valence-corrected chi connectivity index (χ2v) is 5.12. The molecule has 0 fully saturated rings. The number of halogens is 1. The molecule has 0 aliphatic rings. The van der Waals surface area contributed by atoms with E-state index in [-0.39, 0.29) is 16.8 Å². The normalized spacial score (nSPS) is 10.3. The molecule has 1 heterocycles. The molecule has 2 rings (SSSR count). The Bertz CT molecular complexity index is 792. The number of rotatable bonds is 5. The maximum Gasteiger partial charge on any atom is 0.339 e. The van der Waals surface area contributed by atoms with Gasteiger partial charge in [-0.25, -0.2) is 14.0 Å². The zero-order valence-electron chi connectivity index (χ0n) is 13.4. The van der Waals surface area contributed by atoms with Gasteiger partial charge in [-0.2, -0.15) is 0 Å². The number of aromatic nitrogens is 1. The third kappa shape index (κ3) is 3.51. The molecule has 1 N–H and O–H groups in total. The molecular formula is C17H16FNO5. The van der Waals surface area contributed by atoms with Gasteiger partial charge in [0.1, 0.15) is 5.82 Å². The minimum atomic E-state index is -0.738. The second kappa shape index (κ2) is 7.08. The standard InChI is InChI=1S/C17H16FNO5/c1-9-14(17(22)23-3)10(2)19-15(9)13(20)8-24-16(21)11-4-6-12(18)7-5-11/h4-7,19H,8H2,1-3H3. The first-order chi connectivity index (χ1) is 11.3. The third-order valence-electron chi connectivity index (χ3n) is 3.52. The molecule has 0 aliphatic heterocycles. The summed E-state index contributed by atoms with van der Waals surface area (Å²) in [6.07, 6.45) is 0. The number of ether oxygens (including phenoxy) is 2. The topological polar surface area (TPSA) is 85.5 Å². The number of carbonyl (C=O) groups excluding carboxylic acids is 3. The van der Waals surface area contributed by atoms with Gasteiger partial charge < -0.3 is 14.5 Å². The van der Waals surface area contributed by atoms with Crippen LogP contribution < -0.4 is 0 Å². The summed E-state index contributed by atoms with van der Waals surface area (Å²) < 4.78 is 22.4. The summed E-state index contributed by atoms with van der Waals surface area (Å²) in [5.74, 6) is -2.25. The van der Waals surface area contributed by atoms with Crippen molar-refractivity contribution in [1.82, 2.24) is 4.98 Å². The number of Topliss-reactive ketones (excluding diaryl/α,β-unsaturated/α-hetero) is 1. The molecule has 1 aromatic heterocycles. The zero-order valence-corrected chi connectivity index (χ0v) is 13.4. The van der Waals surface area contributed by atoms with Crippen LogP contribution in [0.15, 0.2) is 24.3 Å². The second-order valence-electron chi connectivity index (χ2n) is 5.12. The van der Waals surface area contributed by atoms with Crippen LogP contribution in [-0.2, 0) is 9.47 Å². The summed E-state index contributed by atoms with van der Waals surface area (Å²) in [4.78, 5) is 38.5. The molecule has 0 saturated heterocycles. The van der Waals surface area contributed by atoms with Crippen LogP contribution in [0.4, 0.5) is 4.39 Å². The Kier molecular flexibility index (Phi) is 5.13. The molecule has 7 heteroatoms. The van der Waals surface area contributed by atoms with Crippen molar-refractivity contribution >= 4 is 17.7 Å². The number of nitrogens with one attached hydrogen (secondary N) is 1. The van der Waals surface area contributed by atoms with E-state index in [0.717, 1.165) is 12.1 Å². The summed E-state index contributed by atoms with van der Waals surface area (Å²) in [6.45, 7) is 2.74. The predicted octanol–water partition coefficient (Wildman–Crippen LogP) is 2.60. The minimum Gasteiger partial charge on any atom is -0.465 e. The van der Waals surface area contributed by atoms with E-state index in [2.05, 4.69) is 9.72 Å². The quantitative estimate of drug-likeness (QED) is 0.671. The van der Waals surface area contributed by atoms with Crippen LogP contribution in [-0.4, -0.2) is 36.4 Å². The van der Waals surface area contributed by atoms with Crippen molar-refractivity contribution in [2.45, 2.75) is 13.8 Å². The Morgan fingerprint density at radius 1 is 1.08 bits per heavy atom. The lowest BCUT2D eigenvalue weighted by Gasteiger charge is -2.04. The van der Waals surface area contributed by atoms with Crippen LogP contribution >= 0.6 is 0 Å². The summed E-state index contributed by atoms with van der Waals surface area (Å²) in [5.41, 5.74) is 1.53. The van der Waals surface area contributed by atoms with Crippen molar-refractivity contribution in [2.24, 2.45) is 0 Å². The van der Waals surface area contributed by atoms with Gasteiger partial charge >= 0.3 is 11.9 Å². The highest BCUT2D eigenvalue weighted by Crippen LogP contribution is 2.19. The SMILES string of the molecule is COC(=O)c1c(C)[nH]c(C(=O)COC(=O)c2ccc(F)cc2)c1C. The first kappa shape index (κ1) is 17.4. The number of methoxy groups -OCH3 is 1. The number of ketones is 1. The van der Waals surface area contributed by atoms with Gasteiger partial charge in [-0.3, -0.25) is 4.79 Å². The molecule has 0 saturated carbocycles. The van der Waals surface area contributed by atoms with E-state index in [1.807, 2.05) is 0 Å². The fourth-order valence-electron chi connectivity index (χ4n) is 2.31. The number of carbonyl (C=O) groups is 3. The number of aryl methyl sites for hydroxylation is 1. The Morgan fingerprint density at radius 3 is 2.29 bits per heavy atom. The molecule has 2 aromatic rings. The van der Waals surface area contributed by atoms with E-state index < -0.39 is 30.1 Å². The Morgan fingerprint density at radius 2 is 1.71 bits per heavy atom. The average molecular weight is 333 g/mol. The first-order valence-electron chi connectivity index (χ1n) is 7.08. The van der Waals surface area contributed by atoms with Crippen molar-refractivity contribution in [3.8, 4) is 0 Å². The predicted molar refractivity (Wildman–Crippen MR) is 82.6 cm³/mol. The van der Waals surface area contributed by atoms with Gasteiger partial charge in [-0.15, -0.1) is 0 Å². The highest BCUT2D eigenvalue weighted by atomic mass is 19.1. The van der Waals surface area contributed by atoms with Crippen molar-refractivity contribution in [3.63, 3.8) is 0 Å². The largest absolute Gasteiger partial charge is 0.465 e. The van der Waals surface area contributed by atoms with E-state index >= 15 is 0 Å². The van der Waals surface area contributed by atoms with Crippen molar-refractivity contribution in [1.29, 1.82) is 0 Å². The maximum atomic E-state index is 12.8. The third-order valence-corrected chi connectivity index (χ3v) is 3.52. The minimum absolute atomic E-state index is 0.138. The Balaban J connectivity index is 2.09. The Hall–Kier alpha value is -2.96. The lowest BCUT2D eigenvalue weighted by Crippen LogP contribution is -2.15. The van der Waals surface area contributed by atoms with Crippen LogP contribution in [0.25, 0.3) is 0 Å². The monoisotopic (exact) mass is 333 g/mol. The molecule has 0 atom stereocenters. The van der Waals surface area contributed by atoms with Crippen LogP contribution in [0.5, 0.6) is 0 Å². The lowest BCUT2D eigenvalue weighted by molar-refractivity contribution is 0.0473. The van der Waals surface area contributed by atoms with Crippen molar-refractivity contribution in [2.75, 3.05) is 13.7 Å². The van der Waals surface area contributed by atoms with Gasteiger partial charge in [0.25, 0.3) is 0 Å². The van der Waals surface area contributed by atoms with E-state index in [4.69, 9.17) is 4.74 Å². The fraction of sp³-hybridized carbons (Fsp3) is 0.235. The molecule has 0 unspecified atom stereocenters. The molecule has 0 aliphatic carbocycles. The molecular weight excluding hydrogens is 317 g/mol. The number of H-pyrrole nitrogens is 1. The van der Waals surface area contributed by atoms with Gasteiger partial charge in [0, 0.05) is 5.69 Å². The van der Waals surface area contributed by atoms with Gasteiger partial charge in [-0.1, -0.05) is 0 Å². The summed E-state index contributed by atoms with van der Waals surface area (Å²) in [5, 5.41) is 0. The molecule has 0 bridgehead atoms.